The van der Waals surface area contributed by atoms with E-state index < -0.39 is 5.91 Å². The number of carbonyl (C=O) groups excluding carboxylic acids is 2. The summed E-state index contributed by atoms with van der Waals surface area (Å²) in [6.45, 7) is 3.40. The van der Waals surface area contributed by atoms with E-state index in [4.69, 9.17) is 0 Å². The van der Waals surface area contributed by atoms with Crippen LogP contribution in [-0.4, -0.2) is 16.8 Å². The van der Waals surface area contributed by atoms with Crippen molar-refractivity contribution in [3.05, 3.63) is 46.2 Å². The lowest BCUT2D eigenvalue weighted by molar-refractivity contribution is -0.124. The number of hydrogen-bond donors (Lipinski definition) is 3. The molecular weight excluding hydrogens is 258 g/mol. The Morgan fingerprint density at radius 3 is 2.55 bits per heavy atom. The van der Waals surface area contributed by atoms with Gasteiger partial charge in [0.25, 0.3) is 5.91 Å². The van der Waals surface area contributed by atoms with E-state index in [1.165, 1.54) is 6.20 Å². The van der Waals surface area contributed by atoms with Crippen molar-refractivity contribution in [3.8, 4) is 0 Å². The maximum Gasteiger partial charge on any atom is 0.275 e. The van der Waals surface area contributed by atoms with Crippen LogP contribution in [0.2, 0.25) is 0 Å². The third-order valence-corrected chi connectivity index (χ3v) is 2.86. The molecule has 0 saturated heterocycles. The van der Waals surface area contributed by atoms with Crippen LogP contribution in [0, 0.1) is 5.92 Å². The molecule has 0 fully saturated rings. The van der Waals surface area contributed by atoms with Crippen molar-refractivity contribution in [1.82, 2.24) is 15.8 Å². The highest BCUT2D eigenvalue weighted by Gasteiger charge is 2.14. The molecule has 0 radical (unpaired) electrons. The molecule has 3 N–H and O–H groups in total. The number of amides is 2. The second-order valence-corrected chi connectivity index (χ2v) is 4.68. The van der Waals surface area contributed by atoms with Crippen LogP contribution in [0.25, 0.3) is 10.9 Å². The lowest BCUT2D eigenvalue weighted by Crippen LogP contribution is -2.44. The number of carbonyl (C=O) groups is 2. The van der Waals surface area contributed by atoms with Crippen molar-refractivity contribution >= 4 is 22.7 Å². The van der Waals surface area contributed by atoms with Crippen molar-refractivity contribution in [1.29, 1.82) is 0 Å². The number of hydrazine groups is 1. The normalized spacial score (nSPS) is 10.6. The van der Waals surface area contributed by atoms with Gasteiger partial charge in [0.05, 0.1) is 0 Å². The predicted molar refractivity (Wildman–Crippen MR) is 75.0 cm³/mol. The third kappa shape index (κ3) is 2.69. The zero-order valence-electron chi connectivity index (χ0n) is 11.2. The molecule has 0 bridgehead atoms. The number of pyridine rings is 1. The Hall–Kier alpha value is -2.63. The summed E-state index contributed by atoms with van der Waals surface area (Å²) in [5.74, 6) is -1.23. The molecule has 6 heteroatoms. The minimum atomic E-state index is -0.647. The van der Waals surface area contributed by atoms with Crippen molar-refractivity contribution in [2.45, 2.75) is 13.8 Å². The molecule has 1 aromatic heterocycles. The number of hydrogen-bond acceptors (Lipinski definition) is 3. The third-order valence-electron chi connectivity index (χ3n) is 2.86. The average molecular weight is 273 g/mol. The average Bonchev–Trinajstić information content (AvgIpc) is 2.45. The highest BCUT2D eigenvalue weighted by Crippen LogP contribution is 2.06. The SMILES string of the molecule is CC(C)C(=O)NNC(=O)c1c[nH]c2ccccc2c1=O. The molecular formula is C14H15N3O3. The molecule has 2 rings (SSSR count). The minimum absolute atomic E-state index is 0.0484. The van der Waals surface area contributed by atoms with Gasteiger partial charge in [-0.05, 0) is 12.1 Å². The largest absolute Gasteiger partial charge is 0.360 e. The fraction of sp³-hybridized carbons (Fsp3) is 0.214. The van der Waals surface area contributed by atoms with Gasteiger partial charge in [0.2, 0.25) is 11.3 Å². The molecule has 0 aliphatic heterocycles. The highest BCUT2D eigenvalue weighted by molar-refractivity contribution is 5.98. The monoisotopic (exact) mass is 273 g/mol. The van der Waals surface area contributed by atoms with Gasteiger partial charge >= 0.3 is 0 Å². The molecule has 0 saturated carbocycles. The van der Waals surface area contributed by atoms with Crippen LogP contribution in [-0.2, 0) is 4.79 Å². The lowest BCUT2D eigenvalue weighted by Gasteiger charge is -2.09. The summed E-state index contributed by atoms with van der Waals surface area (Å²) >= 11 is 0. The number of aromatic nitrogens is 1. The summed E-state index contributed by atoms with van der Waals surface area (Å²) in [7, 11) is 0. The number of benzene rings is 1. The van der Waals surface area contributed by atoms with Gasteiger partial charge < -0.3 is 4.98 Å². The van der Waals surface area contributed by atoms with E-state index in [0.29, 0.717) is 10.9 Å². The molecule has 0 aliphatic carbocycles. The molecule has 1 heterocycles. The molecule has 1 aromatic carbocycles. The summed E-state index contributed by atoms with van der Waals surface area (Å²) < 4.78 is 0. The maximum atomic E-state index is 12.2. The fourth-order valence-electron chi connectivity index (χ4n) is 1.67. The van der Waals surface area contributed by atoms with E-state index in [2.05, 4.69) is 15.8 Å². The Morgan fingerprint density at radius 1 is 1.15 bits per heavy atom. The molecule has 0 unspecified atom stereocenters. The smallest absolute Gasteiger partial charge is 0.275 e. The van der Waals surface area contributed by atoms with Gasteiger partial charge in [-0.25, -0.2) is 0 Å². The second-order valence-electron chi connectivity index (χ2n) is 4.68. The number of nitrogens with one attached hydrogen (secondary N) is 3. The lowest BCUT2D eigenvalue weighted by atomic mass is 10.1. The Kier molecular flexibility index (Phi) is 3.84. The molecule has 0 aliphatic rings. The van der Waals surface area contributed by atoms with Gasteiger partial charge in [0, 0.05) is 23.0 Å². The Balaban J connectivity index is 2.25. The summed E-state index contributed by atoms with van der Waals surface area (Å²) in [6, 6.07) is 6.90. The zero-order valence-corrected chi connectivity index (χ0v) is 11.2. The van der Waals surface area contributed by atoms with Gasteiger partial charge in [0.1, 0.15) is 5.56 Å². The molecule has 2 amide bonds. The standard InChI is InChI=1S/C14H15N3O3/c1-8(2)13(19)16-17-14(20)10-7-15-11-6-4-3-5-9(11)12(10)18/h3-8H,1-2H3,(H,15,18)(H,16,19)(H,17,20). The van der Waals surface area contributed by atoms with Crippen LogP contribution in [0.3, 0.4) is 0 Å². The van der Waals surface area contributed by atoms with E-state index in [0.717, 1.165) is 0 Å². The van der Waals surface area contributed by atoms with Gasteiger partial charge in [0.15, 0.2) is 0 Å². The Labute approximate surface area is 115 Å². The molecule has 0 atom stereocenters. The number of H-pyrrole nitrogens is 1. The van der Waals surface area contributed by atoms with E-state index in [9.17, 15) is 14.4 Å². The van der Waals surface area contributed by atoms with Crippen LogP contribution in [0.4, 0.5) is 0 Å². The van der Waals surface area contributed by atoms with Gasteiger partial charge in [-0.2, -0.15) is 0 Å². The van der Waals surface area contributed by atoms with Crippen molar-refractivity contribution in [2.24, 2.45) is 5.92 Å². The number of fused-ring (bicyclic) bond motifs is 1. The van der Waals surface area contributed by atoms with Crippen molar-refractivity contribution in [2.75, 3.05) is 0 Å². The van der Waals surface area contributed by atoms with Gasteiger partial charge in [-0.15, -0.1) is 0 Å². The second kappa shape index (κ2) is 5.56. The van der Waals surface area contributed by atoms with E-state index in [-0.39, 0.29) is 22.8 Å². The summed E-state index contributed by atoms with van der Waals surface area (Å²) in [4.78, 5) is 38.3. The first-order chi connectivity index (χ1) is 9.50. The van der Waals surface area contributed by atoms with Gasteiger partial charge in [-0.3, -0.25) is 25.2 Å². The van der Waals surface area contributed by atoms with E-state index >= 15 is 0 Å². The molecule has 0 spiro atoms. The quantitative estimate of drug-likeness (QED) is 0.711. The zero-order chi connectivity index (χ0) is 14.7. The first-order valence-corrected chi connectivity index (χ1v) is 6.21. The minimum Gasteiger partial charge on any atom is -0.360 e. The van der Waals surface area contributed by atoms with Crippen LogP contribution in [0.15, 0.2) is 35.3 Å². The Bertz CT molecular complexity index is 719. The van der Waals surface area contributed by atoms with Crippen LogP contribution in [0.5, 0.6) is 0 Å². The van der Waals surface area contributed by atoms with Crippen LogP contribution in [0.1, 0.15) is 24.2 Å². The van der Waals surface area contributed by atoms with Crippen molar-refractivity contribution in [3.63, 3.8) is 0 Å². The fourth-order valence-corrected chi connectivity index (χ4v) is 1.67. The molecule has 2 aromatic rings. The predicted octanol–water partition coefficient (Wildman–Crippen LogP) is 0.945. The summed E-state index contributed by atoms with van der Waals surface area (Å²) in [5, 5.41) is 0.426. The first-order valence-electron chi connectivity index (χ1n) is 6.21. The van der Waals surface area contributed by atoms with Gasteiger partial charge in [-0.1, -0.05) is 26.0 Å². The molecule has 104 valence electrons. The number of aromatic amines is 1. The Morgan fingerprint density at radius 2 is 1.85 bits per heavy atom. The summed E-state index contributed by atoms with van der Waals surface area (Å²) in [6.07, 6.45) is 1.33. The van der Waals surface area contributed by atoms with Crippen LogP contribution >= 0.6 is 0 Å². The van der Waals surface area contributed by atoms with Crippen molar-refractivity contribution < 1.29 is 9.59 Å². The number of para-hydroxylation sites is 1. The molecule has 20 heavy (non-hydrogen) atoms. The molecule has 6 nitrogen and oxygen atoms in total. The first kappa shape index (κ1) is 13.8. The highest BCUT2D eigenvalue weighted by atomic mass is 16.2. The topological polar surface area (TPSA) is 91.1 Å². The van der Waals surface area contributed by atoms with Crippen LogP contribution < -0.4 is 16.3 Å². The number of rotatable bonds is 2. The van der Waals surface area contributed by atoms with E-state index in [1.54, 1.807) is 38.1 Å². The maximum absolute atomic E-state index is 12.2. The van der Waals surface area contributed by atoms with E-state index in [1.807, 2.05) is 0 Å². The summed E-state index contributed by atoms with van der Waals surface area (Å²) in [5.41, 5.74) is 4.72.